The molecule has 3 heteroatoms. The molecule has 0 aliphatic heterocycles. The maximum Gasteiger partial charge on any atom is 0.131 e. The molecule has 0 N–H and O–H groups in total. The first-order chi connectivity index (χ1) is 17.1. The zero-order valence-electron chi connectivity index (χ0n) is 21.2. The summed E-state index contributed by atoms with van der Waals surface area (Å²) in [7, 11) is 0. The molecular weight excluding hydrogens is 433 g/mol. The standard InChI is InChI=1S/C32H38FNO/c1-4-6-10-22-35-25(3)12-8-7-9-13-27-15-21-32(34-24-27)29-18-16-28(17-19-29)30-20-14-26(11-5-2)23-31(30)33/h5,9,13-21,23-25H,2,4,6-8,10-12,22H2,1,3H3/b13-9+. The molecule has 3 rings (SSSR count). The second kappa shape index (κ2) is 14.4. The van der Waals surface area contributed by atoms with Crippen LogP contribution in [0, 0.1) is 5.82 Å². The fourth-order valence-electron chi connectivity index (χ4n) is 4.04. The van der Waals surface area contributed by atoms with Crippen molar-refractivity contribution in [3.63, 3.8) is 0 Å². The van der Waals surface area contributed by atoms with Crippen molar-refractivity contribution in [3.05, 3.63) is 96.5 Å². The third-order valence-corrected chi connectivity index (χ3v) is 6.13. The lowest BCUT2D eigenvalue weighted by molar-refractivity contribution is 0.0566. The van der Waals surface area contributed by atoms with E-state index in [9.17, 15) is 4.39 Å². The molecule has 0 radical (unpaired) electrons. The second-order valence-electron chi connectivity index (χ2n) is 9.08. The van der Waals surface area contributed by atoms with Gasteiger partial charge in [0.1, 0.15) is 5.82 Å². The summed E-state index contributed by atoms with van der Waals surface area (Å²) in [4.78, 5) is 4.62. The highest BCUT2D eigenvalue weighted by Gasteiger charge is 2.07. The molecule has 0 fully saturated rings. The SMILES string of the molecule is C=CCc1ccc(-c2ccc(-c3ccc(/C=C/CCCC(C)OCCCCC)cn3)cc2)c(F)c1. The minimum Gasteiger partial charge on any atom is -0.379 e. The van der Waals surface area contributed by atoms with Gasteiger partial charge in [-0.1, -0.05) is 80.5 Å². The highest BCUT2D eigenvalue weighted by molar-refractivity contribution is 5.69. The molecular formula is C32H38FNO. The van der Waals surface area contributed by atoms with Gasteiger partial charge >= 0.3 is 0 Å². The van der Waals surface area contributed by atoms with Gasteiger partial charge < -0.3 is 4.74 Å². The van der Waals surface area contributed by atoms with E-state index in [0.29, 0.717) is 18.1 Å². The molecule has 0 aliphatic carbocycles. The van der Waals surface area contributed by atoms with Crippen LogP contribution < -0.4 is 0 Å². The fraction of sp³-hybridized carbons (Fsp3) is 0.344. The van der Waals surface area contributed by atoms with Crippen LogP contribution in [-0.4, -0.2) is 17.7 Å². The molecule has 0 spiro atoms. The van der Waals surface area contributed by atoms with Gasteiger partial charge in [0.2, 0.25) is 0 Å². The number of halogens is 1. The van der Waals surface area contributed by atoms with Gasteiger partial charge in [-0.15, -0.1) is 6.58 Å². The number of hydrogen-bond acceptors (Lipinski definition) is 2. The molecule has 0 amide bonds. The molecule has 35 heavy (non-hydrogen) atoms. The van der Waals surface area contributed by atoms with Crippen molar-refractivity contribution in [2.75, 3.05) is 6.61 Å². The van der Waals surface area contributed by atoms with Gasteiger partial charge in [-0.2, -0.15) is 0 Å². The van der Waals surface area contributed by atoms with Crippen LogP contribution in [0.3, 0.4) is 0 Å². The van der Waals surface area contributed by atoms with Crippen molar-refractivity contribution in [2.24, 2.45) is 0 Å². The van der Waals surface area contributed by atoms with Crippen LogP contribution in [0.4, 0.5) is 4.39 Å². The lowest BCUT2D eigenvalue weighted by Crippen LogP contribution is -2.08. The van der Waals surface area contributed by atoms with E-state index in [-0.39, 0.29) is 5.82 Å². The zero-order valence-corrected chi connectivity index (χ0v) is 21.2. The Bertz CT molecular complexity index is 1070. The van der Waals surface area contributed by atoms with Gasteiger partial charge in [-0.05, 0) is 67.9 Å². The predicted molar refractivity (Wildman–Crippen MR) is 147 cm³/mol. The van der Waals surface area contributed by atoms with E-state index in [1.165, 1.54) is 12.8 Å². The van der Waals surface area contributed by atoms with E-state index in [0.717, 1.165) is 60.2 Å². The topological polar surface area (TPSA) is 22.1 Å². The minimum atomic E-state index is -0.208. The van der Waals surface area contributed by atoms with Crippen LogP contribution >= 0.6 is 0 Å². The summed E-state index contributed by atoms with van der Waals surface area (Å²) in [5.74, 6) is -0.208. The highest BCUT2D eigenvalue weighted by Crippen LogP contribution is 2.27. The zero-order chi connectivity index (χ0) is 24.9. The van der Waals surface area contributed by atoms with Gasteiger partial charge in [0.25, 0.3) is 0 Å². The van der Waals surface area contributed by atoms with E-state index < -0.39 is 0 Å². The lowest BCUT2D eigenvalue weighted by Gasteiger charge is -2.11. The van der Waals surface area contributed by atoms with Crippen molar-refractivity contribution >= 4 is 6.08 Å². The summed E-state index contributed by atoms with van der Waals surface area (Å²) < 4.78 is 20.4. The molecule has 0 saturated carbocycles. The molecule has 184 valence electrons. The van der Waals surface area contributed by atoms with Crippen molar-refractivity contribution in [3.8, 4) is 22.4 Å². The number of benzene rings is 2. The van der Waals surface area contributed by atoms with E-state index >= 15 is 0 Å². The minimum absolute atomic E-state index is 0.208. The second-order valence-corrected chi connectivity index (χ2v) is 9.08. The first-order valence-corrected chi connectivity index (χ1v) is 12.8. The van der Waals surface area contributed by atoms with E-state index in [2.05, 4.69) is 43.6 Å². The number of nitrogens with zero attached hydrogens (tertiary/aromatic N) is 1. The Labute approximate surface area is 210 Å². The maximum absolute atomic E-state index is 14.5. The largest absolute Gasteiger partial charge is 0.379 e. The van der Waals surface area contributed by atoms with Gasteiger partial charge in [0, 0.05) is 23.9 Å². The van der Waals surface area contributed by atoms with Crippen molar-refractivity contribution in [1.29, 1.82) is 0 Å². The summed E-state index contributed by atoms with van der Waals surface area (Å²) in [5.41, 5.74) is 5.41. The molecule has 2 nitrogen and oxygen atoms in total. The Balaban J connectivity index is 1.49. The molecule has 2 aromatic carbocycles. The molecule has 0 aliphatic rings. The maximum atomic E-state index is 14.5. The van der Waals surface area contributed by atoms with Crippen molar-refractivity contribution in [1.82, 2.24) is 4.98 Å². The van der Waals surface area contributed by atoms with Crippen LogP contribution in [-0.2, 0) is 11.2 Å². The average Bonchev–Trinajstić information content (AvgIpc) is 2.87. The quantitative estimate of drug-likeness (QED) is 0.173. The van der Waals surface area contributed by atoms with Crippen LogP contribution in [0.1, 0.15) is 63.5 Å². The normalized spacial score (nSPS) is 12.2. The summed E-state index contributed by atoms with van der Waals surface area (Å²) >= 11 is 0. The molecule has 0 saturated heterocycles. The van der Waals surface area contributed by atoms with Crippen LogP contribution in [0.15, 0.2) is 79.5 Å². The van der Waals surface area contributed by atoms with Gasteiger partial charge in [-0.3, -0.25) is 4.98 Å². The number of pyridine rings is 1. The summed E-state index contributed by atoms with van der Waals surface area (Å²) in [6.07, 6.45) is 15.9. The van der Waals surface area contributed by atoms with Crippen LogP contribution in [0.2, 0.25) is 0 Å². The first-order valence-electron chi connectivity index (χ1n) is 12.8. The monoisotopic (exact) mass is 471 g/mol. The summed E-state index contributed by atoms with van der Waals surface area (Å²) in [6.45, 7) is 8.98. The molecule has 1 atom stereocenters. The average molecular weight is 472 g/mol. The van der Waals surface area contributed by atoms with E-state index in [4.69, 9.17) is 4.74 Å². The molecule has 1 aromatic heterocycles. The fourth-order valence-corrected chi connectivity index (χ4v) is 4.04. The van der Waals surface area contributed by atoms with Crippen molar-refractivity contribution < 1.29 is 9.13 Å². The molecule has 1 unspecified atom stereocenters. The lowest BCUT2D eigenvalue weighted by atomic mass is 10.00. The van der Waals surface area contributed by atoms with Gasteiger partial charge in [-0.25, -0.2) is 4.39 Å². The highest BCUT2D eigenvalue weighted by atomic mass is 19.1. The number of rotatable bonds is 14. The molecule has 3 aromatic rings. The van der Waals surface area contributed by atoms with Gasteiger partial charge in [0.15, 0.2) is 0 Å². The number of unbranched alkanes of at least 4 members (excludes halogenated alkanes) is 3. The Morgan fingerprint density at radius 3 is 2.49 bits per heavy atom. The number of ether oxygens (including phenoxy) is 1. The molecule has 0 bridgehead atoms. The Morgan fingerprint density at radius 1 is 1.00 bits per heavy atom. The van der Waals surface area contributed by atoms with Crippen molar-refractivity contribution in [2.45, 2.75) is 64.9 Å². The predicted octanol–water partition coefficient (Wildman–Crippen LogP) is 9.06. The first kappa shape index (κ1) is 26.6. The summed E-state index contributed by atoms with van der Waals surface area (Å²) in [6, 6.07) is 17.4. The van der Waals surface area contributed by atoms with E-state index in [1.54, 1.807) is 12.1 Å². The number of hydrogen-bond donors (Lipinski definition) is 0. The number of allylic oxidation sites excluding steroid dienone is 2. The Morgan fingerprint density at radius 2 is 1.80 bits per heavy atom. The summed E-state index contributed by atoms with van der Waals surface area (Å²) in [5, 5.41) is 0. The smallest absolute Gasteiger partial charge is 0.131 e. The third kappa shape index (κ3) is 8.60. The van der Waals surface area contributed by atoms with Crippen LogP contribution in [0.25, 0.3) is 28.5 Å². The Hall–Kier alpha value is -3.04. The van der Waals surface area contributed by atoms with E-state index in [1.807, 2.05) is 48.7 Å². The third-order valence-electron chi connectivity index (χ3n) is 6.13. The Kier molecular flexibility index (Phi) is 10.9. The number of aromatic nitrogens is 1. The molecule has 1 heterocycles. The van der Waals surface area contributed by atoms with Crippen LogP contribution in [0.5, 0.6) is 0 Å². The van der Waals surface area contributed by atoms with Gasteiger partial charge in [0.05, 0.1) is 11.8 Å².